The Balaban J connectivity index is 0.00000364. The number of carbonyl (C=O) groups is 1. The van der Waals surface area contributed by atoms with Gasteiger partial charge in [0, 0.05) is 50.7 Å². The zero-order valence-electron chi connectivity index (χ0n) is 17.7. The highest BCUT2D eigenvalue weighted by atomic mass is 127. The van der Waals surface area contributed by atoms with Crippen LogP contribution in [0.3, 0.4) is 0 Å². The number of amides is 1. The van der Waals surface area contributed by atoms with E-state index in [1.165, 1.54) is 25.8 Å². The largest absolute Gasteiger partial charge is 0.357 e. The van der Waals surface area contributed by atoms with E-state index in [9.17, 15) is 4.79 Å². The third-order valence-corrected chi connectivity index (χ3v) is 5.49. The van der Waals surface area contributed by atoms with Crippen molar-refractivity contribution in [2.45, 2.75) is 71.9 Å². The van der Waals surface area contributed by atoms with Crippen LogP contribution in [0.2, 0.25) is 0 Å². The lowest BCUT2D eigenvalue weighted by atomic mass is 10.0. The van der Waals surface area contributed by atoms with Gasteiger partial charge in [-0.15, -0.1) is 24.0 Å². The molecular formula is C20H40IN5O. The standard InChI is InChI=1S/C20H39N5O.HI/c1-5-21-20(22-11-8-13-24-12-7-6-9-17(24)4)23-18-10-14-25(15-18)19(26)16(2)3;/h16-18H,5-15H2,1-4H3,(H2,21,22,23);1H. The maximum absolute atomic E-state index is 12.1. The van der Waals surface area contributed by atoms with Crippen LogP contribution >= 0.6 is 24.0 Å². The molecule has 0 saturated carbocycles. The second kappa shape index (κ2) is 12.8. The van der Waals surface area contributed by atoms with E-state index in [0.717, 1.165) is 57.6 Å². The van der Waals surface area contributed by atoms with Crippen molar-refractivity contribution in [1.82, 2.24) is 20.4 Å². The van der Waals surface area contributed by atoms with Crippen molar-refractivity contribution in [3.05, 3.63) is 0 Å². The maximum Gasteiger partial charge on any atom is 0.225 e. The molecule has 0 radical (unpaired) electrons. The zero-order chi connectivity index (χ0) is 18.9. The summed E-state index contributed by atoms with van der Waals surface area (Å²) in [6.07, 6.45) is 6.14. The SMILES string of the molecule is CCNC(=NCCCN1CCCCC1C)NC1CCN(C(=O)C(C)C)C1.I. The first-order valence-electron chi connectivity index (χ1n) is 10.6. The summed E-state index contributed by atoms with van der Waals surface area (Å²) in [6.45, 7) is 14.1. The normalized spacial score (nSPS) is 24.0. The predicted octanol–water partition coefficient (Wildman–Crippen LogP) is 2.68. The summed E-state index contributed by atoms with van der Waals surface area (Å²) in [6, 6.07) is 1.03. The van der Waals surface area contributed by atoms with Crippen LogP contribution in [0.15, 0.2) is 4.99 Å². The van der Waals surface area contributed by atoms with E-state index in [2.05, 4.69) is 29.4 Å². The number of nitrogens with zero attached hydrogens (tertiary/aromatic N) is 3. The molecule has 7 heteroatoms. The van der Waals surface area contributed by atoms with Crippen molar-refractivity contribution in [3.8, 4) is 0 Å². The first-order chi connectivity index (χ1) is 12.5. The highest BCUT2D eigenvalue weighted by Gasteiger charge is 2.27. The monoisotopic (exact) mass is 493 g/mol. The molecule has 2 fully saturated rings. The van der Waals surface area contributed by atoms with Crippen LogP contribution < -0.4 is 10.6 Å². The number of piperidine rings is 1. The van der Waals surface area contributed by atoms with Crippen molar-refractivity contribution in [3.63, 3.8) is 0 Å². The second-order valence-corrected chi connectivity index (χ2v) is 8.06. The Kier molecular flexibility index (Phi) is 11.6. The molecule has 2 rings (SSSR count). The summed E-state index contributed by atoms with van der Waals surface area (Å²) < 4.78 is 0. The lowest BCUT2D eigenvalue weighted by molar-refractivity contribution is -0.133. The van der Waals surface area contributed by atoms with Gasteiger partial charge in [0.1, 0.15) is 0 Å². The fourth-order valence-electron chi connectivity index (χ4n) is 3.91. The number of rotatable bonds is 7. The van der Waals surface area contributed by atoms with Crippen LogP contribution in [-0.2, 0) is 4.79 Å². The molecule has 2 aliphatic heterocycles. The summed E-state index contributed by atoms with van der Waals surface area (Å²) in [7, 11) is 0. The Morgan fingerprint density at radius 1 is 1.22 bits per heavy atom. The minimum atomic E-state index is 0. The molecule has 0 aromatic heterocycles. The van der Waals surface area contributed by atoms with Gasteiger partial charge in [-0.05, 0) is 46.1 Å². The molecule has 2 saturated heterocycles. The summed E-state index contributed by atoms with van der Waals surface area (Å²) in [5.74, 6) is 1.22. The van der Waals surface area contributed by atoms with Crippen LogP contribution in [0.4, 0.5) is 0 Å². The molecule has 0 spiro atoms. The van der Waals surface area contributed by atoms with E-state index in [0.29, 0.717) is 6.04 Å². The van der Waals surface area contributed by atoms with Gasteiger partial charge in [-0.25, -0.2) is 0 Å². The van der Waals surface area contributed by atoms with E-state index in [4.69, 9.17) is 4.99 Å². The average molecular weight is 493 g/mol. The first kappa shape index (κ1) is 24.5. The van der Waals surface area contributed by atoms with Crippen LogP contribution in [0, 0.1) is 5.92 Å². The van der Waals surface area contributed by atoms with Crippen LogP contribution in [0.25, 0.3) is 0 Å². The van der Waals surface area contributed by atoms with Crippen molar-refractivity contribution >= 4 is 35.8 Å². The van der Waals surface area contributed by atoms with E-state index >= 15 is 0 Å². The van der Waals surface area contributed by atoms with Gasteiger partial charge in [0.15, 0.2) is 5.96 Å². The molecule has 0 aliphatic carbocycles. The minimum absolute atomic E-state index is 0. The van der Waals surface area contributed by atoms with Gasteiger partial charge in [0.05, 0.1) is 0 Å². The highest BCUT2D eigenvalue weighted by molar-refractivity contribution is 14.0. The number of likely N-dealkylation sites (tertiary alicyclic amines) is 2. The third kappa shape index (κ3) is 8.13. The minimum Gasteiger partial charge on any atom is -0.357 e. The molecule has 2 N–H and O–H groups in total. The van der Waals surface area contributed by atoms with Crippen LogP contribution in [-0.4, -0.2) is 73.0 Å². The molecule has 2 heterocycles. The Morgan fingerprint density at radius 3 is 2.67 bits per heavy atom. The fourth-order valence-corrected chi connectivity index (χ4v) is 3.91. The van der Waals surface area contributed by atoms with E-state index in [1.54, 1.807) is 0 Å². The van der Waals surface area contributed by atoms with Gasteiger partial charge in [-0.2, -0.15) is 0 Å². The number of aliphatic imine (C=N–C) groups is 1. The molecule has 0 aromatic rings. The van der Waals surface area contributed by atoms with Gasteiger partial charge in [-0.1, -0.05) is 20.3 Å². The molecule has 0 aromatic carbocycles. The van der Waals surface area contributed by atoms with Gasteiger partial charge >= 0.3 is 0 Å². The third-order valence-electron chi connectivity index (χ3n) is 5.49. The van der Waals surface area contributed by atoms with E-state index < -0.39 is 0 Å². The van der Waals surface area contributed by atoms with Gasteiger partial charge in [0.2, 0.25) is 5.91 Å². The quantitative estimate of drug-likeness (QED) is 0.248. The summed E-state index contributed by atoms with van der Waals surface area (Å²) in [4.78, 5) is 21.5. The van der Waals surface area contributed by atoms with Gasteiger partial charge in [-0.3, -0.25) is 9.79 Å². The Labute approximate surface area is 182 Å². The van der Waals surface area contributed by atoms with Crippen molar-refractivity contribution in [2.24, 2.45) is 10.9 Å². The molecule has 1 amide bonds. The van der Waals surface area contributed by atoms with E-state index in [-0.39, 0.29) is 35.8 Å². The first-order valence-corrected chi connectivity index (χ1v) is 10.6. The predicted molar refractivity (Wildman–Crippen MR) is 124 cm³/mol. The lowest BCUT2D eigenvalue weighted by Gasteiger charge is -2.33. The van der Waals surface area contributed by atoms with Crippen LogP contribution in [0.5, 0.6) is 0 Å². The zero-order valence-corrected chi connectivity index (χ0v) is 20.0. The number of halogens is 1. The smallest absolute Gasteiger partial charge is 0.225 e. The molecular weight excluding hydrogens is 453 g/mol. The molecule has 2 unspecified atom stereocenters. The Hall–Kier alpha value is -0.570. The molecule has 6 nitrogen and oxygen atoms in total. The fraction of sp³-hybridized carbons (Fsp3) is 0.900. The number of carbonyl (C=O) groups excluding carboxylic acids is 1. The van der Waals surface area contributed by atoms with Crippen molar-refractivity contribution in [1.29, 1.82) is 0 Å². The number of hydrogen-bond acceptors (Lipinski definition) is 3. The van der Waals surface area contributed by atoms with Gasteiger partial charge < -0.3 is 20.4 Å². The Morgan fingerprint density at radius 2 is 2.00 bits per heavy atom. The average Bonchev–Trinajstić information content (AvgIpc) is 3.07. The molecule has 158 valence electrons. The highest BCUT2D eigenvalue weighted by Crippen LogP contribution is 2.16. The van der Waals surface area contributed by atoms with Crippen LogP contribution in [0.1, 0.15) is 59.8 Å². The molecule has 27 heavy (non-hydrogen) atoms. The molecule has 0 bridgehead atoms. The summed E-state index contributed by atoms with van der Waals surface area (Å²) in [5, 5.41) is 6.86. The topological polar surface area (TPSA) is 60.0 Å². The Bertz CT molecular complexity index is 471. The lowest BCUT2D eigenvalue weighted by Crippen LogP contribution is -2.45. The summed E-state index contributed by atoms with van der Waals surface area (Å²) in [5.41, 5.74) is 0. The maximum atomic E-state index is 12.1. The van der Waals surface area contributed by atoms with Gasteiger partial charge in [0.25, 0.3) is 0 Å². The van der Waals surface area contributed by atoms with Crippen molar-refractivity contribution in [2.75, 3.05) is 39.3 Å². The number of nitrogens with one attached hydrogen (secondary N) is 2. The number of guanidine groups is 1. The number of hydrogen-bond donors (Lipinski definition) is 2. The van der Waals surface area contributed by atoms with Crippen molar-refractivity contribution < 1.29 is 4.79 Å². The van der Waals surface area contributed by atoms with E-state index in [1.807, 2.05) is 18.7 Å². The molecule has 2 atom stereocenters. The summed E-state index contributed by atoms with van der Waals surface area (Å²) >= 11 is 0. The molecule has 2 aliphatic rings. The second-order valence-electron chi connectivity index (χ2n) is 8.06.